The van der Waals surface area contributed by atoms with Crippen LogP contribution in [0.5, 0.6) is 0 Å². The Morgan fingerprint density at radius 1 is 1.03 bits per heavy atom. The minimum Gasteiger partial charge on any atom is -0.403 e. The second-order valence-corrected chi connectivity index (χ2v) is 6.63. The summed E-state index contributed by atoms with van der Waals surface area (Å²) in [5, 5.41) is 18.5. The van der Waals surface area contributed by atoms with Gasteiger partial charge in [0.2, 0.25) is 11.7 Å². The molecule has 150 valence electrons. The number of hydrogen-bond donors (Lipinski definition) is 2. The van der Waals surface area contributed by atoms with Crippen molar-refractivity contribution in [2.75, 3.05) is 17.7 Å². The molecule has 30 heavy (non-hydrogen) atoms. The molecule has 0 atom stereocenters. The molecule has 0 amide bonds. The van der Waals surface area contributed by atoms with Crippen molar-refractivity contribution in [2.45, 2.75) is 13.8 Å². The van der Waals surface area contributed by atoms with Crippen molar-refractivity contribution in [1.82, 2.24) is 29.7 Å². The van der Waals surface area contributed by atoms with Gasteiger partial charge in [0.25, 0.3) is 0 Å². The summed E-state index contributed by atoms with van der Waals surface area (Å²) in [6, 6.07) is 9.91. The van der Waals surface area contributed by atoms with Gasteiger partial charge in [-0.1, -0.05) is 28.5 Å². The summed E-state index contributed by atoms with van der Waals surface area (Å²) in [5.41, 5.74) is 3.81. The van der Waals surface area contributed by atoms with Crippen LogP contribution in [0.1, 0.15) is 11.5 Å². The maximum Gasteiger partial charge on any atom is 0.315 e. The van der Waals surface area contributed by atoms with E-state index in [4.69, 9.17) is 13.9 Å². The molecule has 5 aromatic rings. The van der Waals surface area contributed by atoms with E-state index in [1.54, 1.807) is 13.2 Å². The fourth-order valence-electron chi connectivity index (χ4n) is 3.28. The molecule has 0 bridgehead atoms. The van der Waals surface area contributed by atoms with E-state index >= 15 is 0 Å². The lowest BCUT2D eigenvalue weighted by atomic mass is 10.0. The van der Waals surface area contributed by atoms with Gasteiger partial charge < -0.3 is 19.6 Å². The molecule has 1 aromatic carbocycles. The highest BCUT2D eigenvalue weighted by Crippen LogP contribution is 2.37. The lowest BCUT2D eigenvalue weighted by Gasteiger charge is -2.10. The van der Waals surface area contributed by atoms with E-state index in [1.165, 1.54) is 0 Å². The van der Waals surface area contributed by atoms with Crippen LogP contribution in [0, 0.1) is 13.8 Å². The topological polar surface area (TPSA) is 119 Å². The van der Waals surface area contributed by atoms with Crippen molar-refractivity contribution < 1.29 is 8.94 Å². The smallest absolute Gasteiger partial charge is 0.315 e. The summed E-state index contributed by atoms with van der Waals surface area (Å²) in [5.74, 6) is 2.36. The standard InChI is InChI=1S/C20H18N8O2/c1-11-15(12(2)30-27-11)23-17-16(24-19-22-9-6-10-28(17)19)13-7-4-5-8-14(13)18-25-26-20(21-3)29-18/h4-10,23H,1-3H3,(H,21,26). The first-order chi connectivity index (χ1) is 14.7. The van der Waals surface area contributed by atoms with Crippen LogP contribution < -0.4 is 10.6 Å². The Labute approximate surface area is 171 Å². The predicted octanol–water partition coefficient (Wildman–Crippen LogP) is 3.84. The predicted molar refractivity (Wildman–Crippen MR) is 111 cm³/mol. The number of fused-ring (bicyclic) bond motifs is 1. The molecular formula is C20H18N8O2. The van der Waals surface area contributed by atoms with Gasteiger partial charge in [-0.3, -0.25) is 4.40 Å². The molecule has 0 unspecified atom stereocenters. The number of nitrogens with zero attached hydrogens (tertiary/aromatic N) is 6. The number of nitrogens with one attached hydrogen (secondary N) is 2. The lowest BCUT2D eigenvalue weighted by molar-refractivity contribution is 0.393. The van der Waals surface area contributed by atoms with Crippen molar-refractivity contribution >= 4 is 23.3 Å². The third kappa shape index (κ3) is 2.85. The molecule has 0 aliphatic carbocycles. The number of rotatable bonds is 5. The van der Waals surface area contributed by atoms with Gasteiger partial charge in [0, 0.05) is 30.6 Å². The summed E-state index contributed by atoms with van der Waals surface area (Å²) in [7, 11) is 1.72. The average molecular weight is 402 g/mol. The van der Waals surface area contributed by atoms with E-state index in [1.807, 2.05) is 54.8 Å². The SMILES string of the molecule is CNc1nnc(-c2ccccc2-c2nc3ncccn3c2Nc2c(C)noc2C)o1. The van der Waals surface area contributed by atoms with Crippen LogP contribution in [0.15, 0.2) is 51.7 Å². The summed E-state index contributed by atoms with van der Waals surface area (Å²) in [6.07, 6.45) is 3.60. The van der Waals surface area contributed by atoms with Crippen LogP contribution in [0.2, 0.25) is 0 Å². The Morgan fingerprint density at radius 3 is 2.60 bits per heavy atom. The minimum atomic E-state index is 0.338. The van der Waals surface area contributed by atoms with Crippen molar-refractivity contribution in [2.24, 2.45) is 0 Å². The molecule has 10 nitrogen and oxygen atoms in total. The van der Waals surface area contributed by atoms with Gasteiger partial charge in [0.1, 0.15) is 22.9 Å². The van der Waals surface area contributed by atoms with Gasteiger partial charge in [-0.2, -0.15) is 0 Å². The maximum absolute atomic E-state index is 5.71. The molecule has 0 spiro atoms. The summed E-state index contributed by atoms with van der Waals surface area (Å²) in [4.78, 5) is 9.16. The number of aryl methyl sites for hydroxylation is 2. The van der Waals surface area contributed by atoms with E-state index in [0.29, 0.717) is 29.1 Å². The van der Waals surface area contributed by atoms with Gasteiger partial charge in [-0.25, -0.2) is 9.97 Å². The fourth-order valence-corrected chi connectivity index (χ4v) is 3.28. The van der Waals surface area contributed by atoms with Crippen LogP contribution in [0.3, 0.4) is 0 Å². The third-order valence-electron chi connectivity index (χ3n) is 4.73. The number of imidazole rings is 1. The molecule has 4 aromatic heterocycles. The molecule has 0 radical (unpaired) electrons. The normalized spacial score (nSPS) is 11.2. The molecule has 0 aliphatic rings. The molecular weight excluding hydrogens is 384 g/mol. The summed E-state index contributed by atoms with van der Waals surface area (Å²) < 4.78 is 12.9. The van der Waals surface area contributed by atoms with Crippen LogP contribution in [0.4, 0.5) is 17.5 Å². The van der Waals surface area contributed by atoms with Crippen molar-refractivity contribution in [3.63, 3.8) is 0 Å². The van der Waals surface area contributed by atoms with E-state index in [-0.39, 0.29) is 0 Å². The van der Waals surface area contributed by atoms with Crippen molar-refractivity contribution in [1.29, 1.82) is 0 Å². The fraction of sp³-hybridized carbons (Fsp3) is 0.150. The number of aromatic nitrogens is 6. The molecule has 4 heterocycles. The maximum atomic E-state index is 5.71. The van der Waals surface area contributed by atoms with Gasteiger partial charge in [-0.15, -0.1) is 5.10 Å². The highest BCUT2D eigenvalue weighted by Gasteiger charge is 2.22. The molecule has 0 fully saturated rings. The van der Waals surface area contributed by atoms with Crippen LogP contribution in [-0.4, -0.2) is 36.8 Å². The van der Waals surface area contributed by atoms with Crippen molar-refractivity contribution in [3.8, 4) is 22.7 Å². The Hall–Kier alpha value is -4.21. The zero-order valence-corrected chi connectivity index (χ0v) is 16.5. The second-order valence-electron chi connectivity index (χ2n) is 6.63. The minimum absolute atomic E-state index is 0.338. The summed E-state index contributed by atoms with van der Waals surface area (Å²) >= 11 is 0. The molecule has 5 rings (SSSR count). The van der Waals surface area contributed by atoms with Crippen LogP contribution >= 0.6 is 0 Å². The molecule has 0 saturated carbocycles. The Morgan fingerprint density at radius 2 is 1.87 bits per heavy atom. The molecule has 0 aliphatic heterocycles. The number of benzene rings is 1. The van der Waals surface area contributed by atoms with E-state index in [0.717, 1.165) is 28.3 Å². The van der Waals surface area contributed by atoms with E-state index < -0.39 is 0 Å². The molecule has 10 heteroatoms. The average Bonchev–Trinajstić information content (AvgIpc) is 3.48. The zero-order chi connectivity index (χ0) is 20.7. The zero-order valence-electron chi connectivity index (χ0n) is 16.5. The van der Waals surface area contributed by atoms with Gasteiger partial charge >= 0.3 is 6.01 Å². The third-order valence-corrected chi connectivity index (χ3v) is 4.73. The summed E-state index contributed by atoms with van der Waals surface area (Å²) in [6.45, 7) is 3.74. The number of hydrogen-bond acceptors (Lipinski definition) is 9. The number of anilines is 3. The largest absolute Gasteiger partial charge is 0.403 e. The van der Waals surface area contributed by atoms with Gasteiger partial charge in [0.15, 0.2) is 5.76 Å². The monoisotopic (exact) mass is 402 g/mol. The first-order valence-corrected chi connectivity index (χ1v) is 9.29. The van der Waals surface area contributed by atoms with Crippen LogP contribution in [0.25, 0.3) is 28.5 Å². The van der Waals surface area contributed by atoms with Gasteiger partial charge in [0.05, 0.1) is 0 Å². The first kappa shape index (κ1) is 17.9. The molecule has 0 saturated heterocycles. The quantitative estimate of drug-likeness (QED) is 0.452. The van der Waals surface area contributed by atoms with Gasteiger partial charge in [-0.05, 0) is 26.0 Å². The molecule has 2 N–H and O–H groups in total. The van der Waals surface area contributed by atoms with Crippen LogP contribution in [-0.2, 0) is 0 Å². The van der Waals surface area contributed by atoms with E-state index in [9.17, 15) is 0 Å². The lowest BCUT2D eigenvalue weighted by Crippen LogP contribution is -1.99. The highest BCUT2D eigenvalue weighted by atomic mass is 16.5. The van der Waals surface area contributed by atoms with Crippen molar-refractivity contribution in [3.05, 3.63) is 54.2 Å². The Kier molecular flexibility index (Phi) is 4.16. The highest BCUT2D eigenvalue weighted by molar-refractivity contribution is 5.87. The Balaban J connectivity index is 1.72. The second kappa shape index (κ2) is 6.99. The first-order valence-electron chi connectivity index (χ1n) is 9.29. The van der Waals surface area contributed by atoms with E-state index in [2.05, 4.69) is 31.0 Å². The Bertz CT molecular complexity index is 1330.